The fourth-order valence-corrected chi connectivity index (χ4v) is 1.86. The van der Waals surface area contributed by atoms with E-state index in [1.54, 1.807) is 0 Å². The molecule has 0 saturated heterocycles. The van der Waals surface area contributed by atoms with Gasteiger partial charge in [-0.05, 0) is 48.5 Å². The summed E-state index contributed by atoms with van der Waals surface area (Å²) in [6.07, 6.45) is 0. The first-order valence-corrected chi connectivity index (χ1v) is 6.41. The minimum absolute atomic E-state index is 0.418. The van der Waals surface area contributed by atoms with E-state index >= 15 is 0 Å². The molecule has 0 heterocycles. The van der Waals surface area contributed by atoms with Crippen molar-refractivity contribution in [3.05, 3.63) is 54.1 Å². The minimum Gasteiger partial charge on any atom is -0.389 e. The molecule has 0 saturated carbocycles. The van der Waals surface area contributed by atoms with Gasteiger partial charge in [0.1, 0.15) is 4.99 Å². The number of hydrogen-bond donors (Lipinski definition) is 2. The predicted octanol–water partition coefficient (Wildman–Crippen LogP) is 3.13. The molecule has 19 heavy (non-hydrogen) atoms. The summed E-state index contributed by atoms with van der Waals surface area (Å²) >= 11 is 4.93. The van der Waals surface area contributed by atoms with Crippen molar-refractivity contribution < 1.29 is 0 Å². The lowest BCUT2D eigenvalue weighted by molar-refractivity contribution is 1.13. The van der Waals surface area contributed by atoms with Crippen molar-refractivity contribution in [1.82, 2.24) is 0 Å². The lowest BCUT2D eigenvalue weighted by Crippen LogP contribution is -2.09. The summed E-state index contributed by atoms with van der Waals surface area (Å²) in [5.74, 6) is 0. The van der Waals surface area contributed by atoms with Crippen molar-refractivity contribution in [2.45, 2.75) is 0 Å². The molecule has 0 spiro atoms. The highest BCUT2D eigenvalue weighted by Crippen LogP contribution is 2.20. The third-order valence-electron chi connectivity index (χ3n) is 2.84. The number of hydrogen-bond acceptors (Lipinski definition) is 3. The average molecular weight is 271 g/mol. The largest absolute Gasteiger partial charge is 0.389 e. The summed E-state index contributed by atoms with van der Waals surface area (Å²) < 4.78 is 0. The molecule has 0 bridgehead atoms. The van der Waals surface area contributed by atoms with Crippen molar-refractivity contribution in [1.29, 1.82) is 0 Å². The third-order valence-corrected chi connectivity index (χ3v) is 3.08. The molecule has 0 aliphatic heterocycles. The van der Waals surface area contributed by atoms with Crippen LogP contribution in [0.3, 0.4) is 0 Å². The van der Waals surface area contributed by atoms with Gasteiger partial charge >= 0.3 is 0 Å². The summed E-state index contributed by atoms with van der Waals surface area (Å²) in [6.45, 7) is 0. The van der Waals surface area contributed by atoms with Crippen LogP contribution in [0.1, 0.15) is 5.56 Å². The fraction of sp³-hybridized carbons (Fsp3) is 0.133. The van der Waals surface area contributed by atoms with E-state index in [9.17, 15) is 0 Å². The van der Waals surface area contributed by atoms with Crippen LogP contribution in [-0.4, -0.2) is 19.1 Å². The molecule has 0 aliphatic rings. The van der Waals surface area contributed by atoms with Gasteiger partial charge in [-0.2, -0.15) is 0 Å². The molecule has 0 fully saturated rings. The minimum atomic E-state index is 0.418. The molecule has 98 valence electrons. The van der Waals surface area contributed by atoms with E-state index in [0.29, 0.717) is 4.99 Å². The zero-order chi connectivity index (χ0) is 13.8. The highest BCUT2D eigenvalue weighted by Gasteiger charge is 1.99. The van der Waals surface area contributed by atoms with Crippen molar-refractivity contribution in [2.75, 3.05) is 24.3 Å². The van der Waals surface area contributed by atoms with Crippen LogP contribution in [0.2, 0.25) is 0 Å². The van der Waals surface area contributed by atoms with Gasteiger partial charge in [-0.1, -0.05) is 12.2 Å². The molecule has 0 unspecified atom stereocenters. The average Bonchev–Trinajstić information content (AvgIpc) is 2.40. The summed E-state index contributed by atoms with van der Waals surface area (Å²) in [5.41, 5.74) is 9.68. The topological polar surface area (TPSA) is 41.3 Å². The van der Waals surface area contributed by atoms with Crippen LogP contribution < -0.4 is 16.0 Å². The number of anilines is 3. The monoisotopic (exact) mass is 271 g/mol. The Morgan fingerprint density at radius 1 is 0.947 bits per heavy atom. The van der Waals surface area contributed by atoms with Gasteiger partial charge in [-0.15, -0.1) is 0 Å². The smallest absolute Gasteiger partial charge is 0.103 e. The van der Waals surface area contributed by atoms with E-state index in [4.69, 9.17) is 18.0 Å². The lowest BCUT2D eigenvalue weighted by atomic mass is 10.2. The highest BCUT2D eigenvalue weighted by atomic mass is 32.1. The van der Waals surface area contributed by atoms with Crippen LogP contribution in [0, 0.1) is 0 Å². The number of nitrogens with two attached hydrogens (primary N) is 1. The Bertz CT molecular complexity index is 559. The van der Waals surface area contributed by atoms with Crippen molar-refractivity contribution in [3.8, 4) is 0 Å². The van der Waals surface area contributed by atoms with Gasteiger partial charge in [0.05, 0.1) is 0 Å². The molecule has 0 radical (unpaired) electrons. The van der Waals surface area contributed by atoms with E-state index in [1.807, 2.05) is 38.4 Å². The number of benzene rings is 2. The Morgan fingerprint density at radius 3 is 1.84 bits per heavy atom. The molecule has 3 N–H and O–H groups in total. The Morgan fingerprint density at radius 2 is 1.42 bits per heavy atom. The molecule has 0 aliphatic carbocycles. The molecule has 3 nitrogen and oxygen atoms in total. The van der Waals surface area contributed by atoms with Gasteiger partial charge in [-0.25, -0.2) is 0 Å². The van der Waals surface area contributed by atoms with Crippen LogP contribution in [0.4, 0.5) is 17.1 Å². The van der Waals surface area contributed by atoms with Crippen LogP contribution in [0.15, 0.2) is 48.5 Å². The SMILES string of the molecule is CN(C)c1ccc(Nc2ccc(C(N)=S)cc2)cc1. The maximum absolute atomic E-state index is 5.57. The maximum atomic E-state index is 5.57. The van der Waals surface area contributed by atoms with Gasteiger partial charge in [-0.3, -0.25) is 0 Å². The van der Waals surface area contributed by atoms with E-state index in [1.165, 1.54) is 5.69 Å². The van der Waals surface area contributed by atoms with Gasteiger partial charge in [0.25, 0.3) is 0 Å². The normalized spacial score (nSPS) is 10.0. The molecule has 2 aromatic rings. The van der Waals surface area contributed by atoms with Gasteiger partial charge in [0, 0.05) is 36.7 Å². The summed E-state index contributed by atoms with van der Waals surface area (Å²) in [6, 6.07) is 16.0. The number of thiocarbonyl (C=S) groups is 1. The third kappa shape index (κ3) is 3.45. The first-order valence-electron chi connectivity index (χ1n) is 6.00. The summed E-state index contributed by atoms with van der Waals surface area (Å²) in [4.78, 5) is 2.49. The molecular formula is C15H17N3S. The molecule has 4 heteroatoms. The maximum Gasteiger partial charge on any atom is 0.103 e. The lowest BCUT2D eigenvalue weighted by Gasteiger charge is -2.13. The molecule has 0 amide bonds. The second kappa shape index (κ2) is 5.71. The van der Waals surface area contributed by atoms with Crippen molar-refractivity contribution in [2.24, 2.45) is 5.73 Å². The summed E-state index contributed by atoms with van der Waals surface area (Å²) in [5, 5.41) is 3.33. The van der Waals surface area contributed by atoms with Gasteiger partial charge in [0.2, 0.25) is 0 Å². The predicted molar refractivity (Wildman–Crippen MR) is 86.4 cm³/mol. The van der Waals surface area contributed by atoms with E-state index in [-0.39, 0.29) is 0 Å². The van der Waals surface area contributed by atoms with Crippen LogP contribution in [-0.2, 0) is 0 Å². The Kier molecular flexibility index (Phi) is 4.02. The van der Waals surface area contributed by atoms with Gasteiger partial charge in [0.15, 0.2) is 0 Å². The van der Waals surface area contributed by atoms with Crippen molar-refractivity contribution in [3.63, 3.8) is 0 Å². The number of nitrogens with one attached hydrogen (secondary N) is 1. The van der Waals surface area contributed by atoms with Gasteiger partial charge < -0.3 is 16.0 Å². The Balaban J connectivity index is 2.10. The Hall–Kier alpha value is -2.07. The van der Waals surface area contributed by atoms with E-state index < -0.39 is 0 Å². The van der Waals surface area contributed by atoms with E-state index in [2.05, 4.69) is 34.5 Å². The van der Waals surface area contributed by atoms with E-state index in [0.717, 1.165) is 16.9 Å². The molecule has 2 aromatic carbocycles. The second-order valence-electron chi connectivity index (χ2n) is 4.51. The second-order valence-corrected chi connectivity index (χ2v) is 4.95. The fourth-order valence-electron chi connectivity index (χ4n) is 1.73. The quantitative estimate of drug-likeness (QED) is 0.838. The molecule has 0 aromatic heterocycles. The molecule has 2 rings (SSSR count). The number of rotatable bonds is 4. The summed E-state index contributed by atoms with van der Waals surface area (Å²) in [7, 11) is 4.05. The zero-order valence-corrected chi connectivity index (χ0v) is 11.9. The first-order chi connectivity index (χ1) is 9.06. The van der Waals surface area contributed by atoms with Crippen LogP contribution in [0.5, 0.6) is 0 Å². The first kappa shape index (κ1) is 13.4. The van der Waals surface area contributed by atoms with Crippen LogP contribution >= 0.6 is 12.2 Å². The van der Waals surface area contributed by atoms with Crippen LogP contribution in [0.25, 0.3) is 0 Å². The number of nitrogens with zero attached hydrogens (tertiary/aromatic N) is 1. The standard InChI is InChI=1S/C15H17N3S/c1-18(2)14-9-7-13(8-10-14)17-12-5-3-11(4-6-12)15(16)19/h3-10,17H,1-2H3,(H2,16,19). The zero-order valence-electron chi connectivity index (χ0n) is 11.1. The molecular weight excluding hydrogens is 254 g/mol. The Labute approximate surface area is 119 Å². The van der Waals surface area contributed by atoms with Crippen molar-refractivity contribution >= 4 is 34.3 Å². The highest BCUT2D eigenvalue weighted by molar-refractivity contribution is 7.80. The molecule has 0 atom stereocenters.